The van der Waals surface area contributed by atoms with Gasteiger partial charge >= 0.3 is 23.8 Å². The van der Waals surface area contributed by atoms with Gasteiger partial charge in [-0.15, -0.1) is 17.9 Å². The number of benzene rings is 2. The highest BCUT2D eigenvalue weighted by atomic mass is 32.1. The van der Waals surface area contributed by atoms with E-state index < -0.39 is 73.3 Å². The number of nitro benzene ring substituents is 1. The normalized spacial score (nSPS) is 21.6. The molecule has 0 radical (unpaired) electrons. The summed E-state index contributed by atoms with van der Waals surface area (Å²) in [6.45, 7) is 23.9. The minimum atomic E-state index is -2.65. The molecule has 0 spiro atoms. The predicted octanol–water partition coefficient (Wildman–Crippen LogP) is 13.9. The number of nitrogens with zero attached hydrogens (tertiary/aromatic N) is 3. The van der Waals surface area contributed by atoms with Crippen molar-refractivity contribution in [3.63, 3.8) is 0 Å². The van der Waals surface area contributed by atoms with E-state index in [-0.39, 0.29) is 59.1 Å². The Labute approximate surface area is 459 Å². The smallest absolute Gasteiger partial charge is 0.457 e. The summed E-state index contributed by atoms with van der Waals surface area (Å²) in [5, 5.41) is 12.9. The Balaban J connectivity index is 1.26. The van der Waals surface area contributed by atoms with E-state index in [1.54, 1.807) is 31.3 Å². The zero-order valence-electron chi connectivity index (χ0n) is 46.9. The average molecular weight is 1100 g/mol. The lowest BCUT2D eigenvalue weighted by Gasteiger charge is -2.45. The number of aromatic nitrogens is 1. The molecule has 2 aliphatic heterocycles. The number of hydrogen-bond donors (Lipinski definition) is 0. The van der Waals surface area contributed by atoms with Gasteiger partial charge in [0.25, 0.3) is 11.8 Å². The van der Waals surface area contributed by atoms with E-state index >= 15 is 4.79 Å². The van der Waals surface area contributed by atoms with Crippen molar-refractivity contribution in [1.82, 2.24) is 9.88 Å². The summed E-state index contributed by atoms with van der Waals surface area (Å²) in [4.78, 5) is 97.1. The molecule has 2 aromatic carbocycles. The van der Waals surface area contributed by atoms with Gasteiger partial charge in [-0.2, -0.15) is 0 Å². The van der Waals surface area contributed by atoms with Crippen LogP contribution in [0.15, 0.2) is 72.9 Å². The molecule has 2 aliphatic rings. The lowest BCUT2D eigenvalue weighted by Crippen LogP contribution is -2.53. The molecule has 5 atom stereocenters. The average Bonchev–Trinajstić information content (AvgIpc) is 3.90. The first-order chi connectivity index (χ1) is 36.3. The van der Waals surface area contributed by atoms with Crippen LogP contribution in [-0.2, 0) is 49.2 Å². The molecule has 0 bridgehead atoms. The maximum atomic E-state index is 15.4. The number of esters is 2. The molecule has 0 saturated heterocycles. The molecule has 5 rings (SSSR count). The third-order valence-electron chi connectivity index (χ3n) is 15.3. The second kappa shape index (κ2) is 28.2. The second-order valence-electron chi connectivity index (χ2n) is 22.8. The fourth-order valence-corrected chi connectivity index (χ4v) is 11.8. The topological polar surface area (TPSA) is 208 Å². The standard InChI is InChI=1S/C59H81N3O13SSi/c1-12-22-44-55(74-57(68)71-38-42-27-30-48(46(35-42)62(69)70)73-53(65)25-19-17-15-13-14-16-18-20-34-61-51(63)32-33-52(61)64)40(3)24-21-23-39(2)26-29-47(43-28-31-49-45(36-43)60-41(4)76-49)72-54(66)37-50(59(8,9)56(44)67)75-77(10,11)58(5,6)7/h12,26-28,30-33,35-36,40,44,47,50,55H,1,13-25,29,34,37-38H2,2-11H3/b39-26-/t40-,44+,47-,50-,55-/m0/s1. The molecule has 0 N–H and O–H groups in total. The van der Waals surface area contributed by atoms with Crippen LogP contribution in [0.3, 0.4) is 0 Å². The monoisotopic (exact) mass is 1100 g/mol. The number of Topliss-reactive ketones (excluding diaryl/α,β-unsaturated/α-hetero) is 1. The van der Waals surface area contributed by atoms with E-state index in [4.69, 9.17) is 28.4 Å². The Kier molecular flexibility index (Phi) is 22.7. The van der Waals surface area contributed by atoms with E-state index in [0.717, 1.165) is 71.3 Å². The molecule has 1 aromatic heterocycles. The van der Waals surface area contributed by atoms with Crippen molar-refractivity contribution in [2.45, 2.75) is 195 Å². The van der Waals surface area contributed by atoms with E-state index in [1.807, 2.05) is 39.0 Å². The van der Waals surface area contributed by atoms with Crippen LogP contribution in [0.25, 0.3) is 10.2 Å². The summed E-state index contributed by atoms with van der Waals surface area (Å²) in [6.07, 6.45) is 11.9. The minimum Gasteiger partial charge on any atom is -0.457 e. The van der Waals surface area contributed by atoms with Crippen LogP contribution < -0.4 is 4.74 Å². The van der Waals surface area contributed by atoms with Crippen molar-refractivity contribution in [3.05, 3.63) is 99.1 Å². The molecule has 18 heteroatoms. The fourth-order valence-electron chi connectivity index (χ4n) is 9.52. The van der Waals surface area contributed by atoms with Crippen molar-refractivity contribution in [2.75, 3.05) is 6.54 Å². The summed E-state index contributed by atoms with van der Waals surface area (Å²) in [6, 6.07) is 9.91. The number of cyclic esters (lactones) is 1. The molecular formula is C59H81N3O13SSi. The highest BCUT2D eigenvalue weighted by Gasteiger charge is 2.50. The van der Waals surface area contributed by atoms with Crippen LogP contribution in [0.5, 0.6) is 5.75 Å². The first-order valence-corrected chi connectivity index (χ1v) is 30.9. The molecule has 0 saturated carbocycles. The Bertz CT molecular complexity index is 2650. The Hall–Kier alpha value is -5.85. The summed E-state index contributed by atoms with van der Waals surface area (Å²) < 4.78 is 31.6. The number of rotatable bonds is 21. The molecule has 2 amide bonds. The molecule has 77 heavy (non-hydrogen) atoms. The van der Waals surface area contributed by atoms with Crippen molar-refractivity contribution in [3.8, 4) is 5.75 Å². The third kappa shape index (κ3) is 17.8. The zero-order valence-corrected chi connectivity index (χ0v) is 48.8. The number of nitro groups is 1. The summed E-state index contributed by atoms with van der Waals surface area (Å²) >= 11 is 1.60. The number of fused-ring (bicyclic) bond motifs is 1. The molecular weight excluding hydrogens is 1020 g/mol. The second-order valence-corrected chi connectivity index (χ2v) is 28.8. The van der Waals surface area contributed by atoms with Crippen molar-refractivity contribution >= 4 is 71.2 Å². The minimum absolute atomic E-state index is 0.0747. The van der Waals surface area contributed by atoms with Gasteiger partial charge in [-0.05, 0) is 106 Å². The van der Waals surface area contributed by atoms with E-state index in [1.165, 1.54) is 35.3 Å². The van der Waals surface area contributed by atoms with Crippen LogP contribution in [0.2, 0.25) is 18.1 Å². The molecule has 16 nitrogen and oxygen atoms in total. The van der Waals surface area contributed by atoms with Gasteiger partial charge in [-0.25, -0.2) is 9.78 Å². The number of aryl methyl sites for hydroxylation is 1. The van der Waals surface area contributed by atoms with Gasteiger partial charge in [0.2, 0.25) is 5.75 Å². The van der Waals surface area contributed by atoms with Crippen LogP contribution >= 0.6 is 11.3 Å². The van der Waals surface area contributed by atoms with Gasteiger partial charge in [0.15, 0.2) is 8.32 Å². The number of carbonyl (C=O) groups excluding carboxylic acids is 6. The summed E-state index contributed by atoms with van der Waals surface area (Å²) in [5.74, 6) is -3.43. The van der Waals surface area contributed by atoms with Gasteiger partial charge in [0.1, 0.15) is 24.6 Å². The Morgan fingerprint density at radius 3 is 2.29 bits per heavy atom. The number of amides is 2. The Morgan fingerprint density at radius 1 is 0.974 bits per heavy atom. The third-order valence-corrected chi connectivity index (χ3v) is 20.7. The van der Waals surface area contributed by atoms with Gasteiger partial charge < -0.3 is 23.4 Å². The molecule has 420 valence electrons. The van der Waals surface area contributed by atoms with E-state index in [2.05, 4.69) is 46.5 Å². The predicted molar refractivity (Wildman–Crippen MR) is 300 cm³/mol. The first-order valence-electron chi connectivity index (χ1n) is 27.2. The number of hydrogen-bond acceptors (Lipinski definition) is 15. The fraction of sp³-hybridized carbons (Fsp3) is 0.576. The number of carbonyl (C=O) groups is 6. The highest BCUT2D eigenvalue weighted by Crippen LogP contribution is 2.44. The molecule has 0 unspecified atom stereocenters. The zero-order chi connectivity index (χ0) is 56.7. The largest absolute Gasteiger partial charge is 0.508 e. The molecule has 0 aliphatic carbocycles. The lowest BCUT2D eigenvalue weighted by atomic mass is 9.71. The molecule has 3 aromatic rings. The first kappa shape index (κ1) is 62.0. The van der Waals surface area contributed by atoms with Crippen molar-refractivity contribution < 1.29 is 57.1 Å². The van der Waals surface area contributed by atoms with Crippen molar-refractivity contribution in [1.29, 1.82) is 0 Å². The van der Waals surface area contributed by atoms with E-state index in [0.29, 0.717) is 38.6 Å². The van der Waals surface area contributed by atoms with Crippen LogP contribution in [0.1, 0.15) is 167 Å². The number of unbranched alkanes of at least 4 members (excludes halogenated alkanes) is 7. The maximum Gasteiger partial charge on any atom is 0.508 e. The van der Waals surface area contributed by atoms with E-state index in [9.17, 15) is 34.1 Å². The number of ketones is 1. The van der Waals surface area contributed by atoms with Gasteiger partial charge in [-0.1, -0.05) is 110 Å². The maximum absolute atomic E-state index is 15.4. The molecule has 0 fully saturated rings. The molecule has 3 heterocycles. The lowest BCUT2D eigenvalue weighted by molar-refractivity contribution is -0.385. The van der Waals surface area contributed by atoms with Gasteiger partial charge in [0.05, 0.1) is 38.6 Å². The Morgan fingerprint density at radius 2 is 1.64 bits per heavy atom. The number of imide groups is 1. The van der Waals surface area contributed by atoms with Crippen LogP contribution in [0.4, 0.5) is 10.5 Å². The summed E-state index contributed by atoms with van der Waals surface area (Å²) in [5.41, 5.74) is 1.21. The van der Waals surface area contributed by atoms with Crippen molar-refractivity contribution in [2.24, 2.45) is 17.3 Å². The number of allylic oxidation sites excluding steroid dienone is 2. The highest BCUT2D eigenvalue weighted by molar-refractivity contribution is 7.18. The number of ether oxygens (including phenoxy) is 4. The van der Waals surface area contributed by atoms with Gasteiger partial charge in [-0.3, -0.25) is 39.0 Å². The SMILES string of the molecule is C=CC[C@H]1C(=O)C(C)(C)[C@@H](O[Si](C)(C)C(C)(C)C)CC(=O)O[C@H](c2ccc3sc(C)nc3c2)C/C=C(/C)CCC[C@H](C)[C@@H]1OC(=O)OCc1ccc(OC(=O)CCCCCCCCCCN2C(=O)C=CC2=O)c([N+](=O)[O-])c1. The number of thiazole rings is 1. The van der Waals surface area contributed by atoms with Crippen LogP contribution in [-0.4, -0.2) is 77.6 Å². The quantitative estimate of drug-likeness (QED) is 0.0142. The van der Waals surface area contributed by atoms with Gasteiger partial charge in [0, 0.05) is 43.0 Å². The summed E-state index contributed by atoms with van der Waals surface area (Å²) in [7, 11) is -2.65. The van der Waals surface area contributed by atoms with Crippen LogP contribution in [0, 0.1) is 34.3 Å².